The first-order valence-corrected chi connectivity index (χ1v) is 7.74. The molecule has 3 aromatic rings. The zero-order chi connectivity index (χ0) is 12.9. The average Bonchev–Trinajstić information content (AvgIpc) is 2.51. The van der Waals surface area contributed by atoms with Crippen LogP contribution in [0.5, 0.6) is 0 Å². The van der Waals surface area contributed by atoms with Crippen molar-refractivity contribution >= 4 is 23.8 Å². The van der Waals surface area contributed by atoms with Gasteiger partial charge in [-0.25, -0.2) is 0 Å². The standard InChI is InChI=1S/C18H15P.C.4BrH/c1-4-10-16(11-5-1)19(17-12-6-2-7-13-17)18-14-8-3-9-15-18;;;;;/h1-15H;;4*1H/q;+4;;;;/p-4. The molecule has 5 heteroatoms. The number of benzene rings is 3. The topological polar surface area (TPSA) is 0 Å². The SMILES string of the molecule is [Br-].[Br-].[Br-].[Br-].[C+4].c1ccc(P(c2ccccc2)c2ccccc2)cc1. The molecule has 0 spiro atoms. The molecule has 0 saturated carbocycles. The Balaban J connectivity index is -0.000000882. The van der Waals surface area contributed by atoms with Gasteiger partial charge >= 0.3 is 7.43 Å². The minimum atomic E-state index is -0.446. The molecule has 0 radical (unpaired) electrons. The molecule has 0 heterocycles. The molecule has 0 amide bonds. The Morgan fingerprint density at radius 3 is 0.792 bits per heavy atom. The van der Waals surface area contributed by atoms with Crippen LogP contribution in [0.4, 0.5) is 0 Å². The number of hydrogen-bond donors (Lipinski definition) is 0. The number of rotatable bonds is 3. The summed E-state index contributed by atoms with van der Waals surface area (Å²) in [6.07, 6.45) is 0. The van der Waals surface area contributed by atoms with Gasteiger partial charge in [-0.2, -0.15) is 0 Å². The second kappa shape index (κ2) is 15.3. The molecule has 0 atom stereocenters. The van der Waals surface area contributed by atoms with Gasteiger partial charge in [0.2, 0.25) is 0 Å². The van der Waals surface area contributed by atoms with Crippen LogP contribution in [0.25, 0.3) is 0 Å². The van der Waals surface area contributed by atoms with E-state index in [1.165, 1.54) is 15.9 Å². The fraction of sp³-hybridized carbons (Fsp3) is 0. The van der Waals surface area contributed by atoms with E-state index in [4.69, 9.17) is 0 Å². The molecule has 0 aliphatic carbocycles. The maximum absolute atomic E-state index is 2.23. The first-order chi connectivity index (χ1) is 9.45. The zero-order valence-electron chi connectivity index (χ0n) is 12.6. The molecule has 0 aliphatic rings. The average molecular weight is 594 g/mol. The van der Waals surface area contributed by atoms with Crippen molar-refractivity contribution in [3.8, 4) is 0 Å². The summed E-state index contributed by atoms with van der Waals surface area (Å²) < 4.78 is 0. The second-order valence-corrected chi connectivity index (χ2v) is 6.56. The van der Waals surface area contributed by atoms with Gasteiger partial charge in [0.25, 0.3) is 0 Å². The minimum absolute atomic E-state index is 0. The smallest absolute Gasteiger partial charge is 1.00 e. The Morgan fingerprint density at radius 2 is 0.583 bits per heavy atom. The van der Waals surface area contributed by atoms with Gasteiger partial charge in [0, 0.05) is 0 Å². The zero-order valence-corrected chi connectivity index (χ0v) is 19.9. The van der Waals surface area contributed by atoms with Crippen LogP contribution >= 0.6 is 7.92 Å². The van der Waals surface area contributed by atoms with Gasteiger partial charge in [-0.05, 0) is 23.8 Å². The van der Waals surface area contributed by atoms with Crippen LogP contribution in [0.1, 0.15) is 0 Å². The van der Waals surface area contributed by atoms with Gasteiger partial charge in [-0.3, -0.25) is 0 Å². The van der Waals surface area contributed by atoms with Crippen molar-refractivity contribution in [3.05, 3.63) is 98.4 Å². The largest absolute Gasteiger partial charge is 4.00 e. The summed E-state index contributed by atoms with van der Waals surface area (Å²) in [4.78, 5) is 0. The Bertz CT molecular complexity index is 539. The van der Waals surface area contributed by atoms with Gasteiger partial charge in [-0.15, -0.1) is 0 Å². The Hall–Kier alpha value is 0.0100. The monoisotopic (exact) mass is 590 g/mol. The molecule has 3 aromatic carbocycles. The fourth-order valence-electron chi connectivity index (χ4n) is 2.18. The number of halogens is 4. The summed E-state index contributed by atoms with van der Waals surface area (Å²) in [5.74, 6) is 0. The molecule has 0 N–H and O–H groups in total. The molecule has 0 aromatic heterocycles. The molecular weight excluding hydrogens is 579 g/mol. The summed E-state index contributed by atoms with van der Waals surface area (Å²) in [6.45, 7) is 0. The third-order valence-corrected chi connectivity index (χ3v) is 5.49. The van der Waals surface area contributed by atoms with E-state index >= 15 is 0 Å². The minimum Gasteiger partial charge on any atom is -1.00 e. The summed E-state index contributed by atoms with van der Waals surface area (Å²) >= 11 is 0. The van der Waals surface area contributed by atoms with E-state index in [0.29, 0.717) is 0 Å². The molecule has 0 fully saturated rings. The second-order valence-electron chi connectivity index (χ2n) is 4.34. The van der Waals surface area contributed by atoms with E-state index in [0.717, 1.165) is 0 Å². The molecule has 24 heavy (non-hydrogen) atoms. The van der Waals surface area contributed by atoms with Crippen molar-refractivity contribution in [1.29, 1.82) is 0 Å². The van der Waals surface area contributed by atoms with Crippen molar-refractivity contribution in [2.75, 3.05) is 0 Å². The van der Waals surface area contributed by atoms with Crippen LogP contribution in [0.3, 0.4) is 0 Å². The van der Waals surface area contributed by atoms with Gasteiger partial charge in [0.1, 0.15) is 0 Å². The maximum Gasteiger partial charge on any atom is 4.00 e. The fourth-order valence-corrected chi connectivity index (χ4v) is 4.48. The van der Waals surface area contributed by atoms with E-state index in [1.807, 2.05) is 0 Å². The molecule has 0 bridgehead atoms. The van der Waals surface area contributed by atoms with Crippen LogP contribution in [0.2, 0.25) is 0 Å². The summed E-state index contributed by atoms with van der Waals surface area (Å²) in [7, 11) is -0.446. The van der Waals surface area contributed by atoms with Gasteiger partial charge in [0.15, 0.2) is 0 Å². The van der Waals surface area contributed by atoms with Gasteiger partial charge in [0.05, 0.1) is 0 Å². The first-order valence-electron chi connectivity index (χ1n) is 6.40. The Kier molecular flexibility index (Phi) is 18.3. The predicted octanol–water partition coefficient (Wildman–Crippen LogP) is -8.46. The van der Waals surface area contributed by atoms with Crippen molar-refractivity contribution < 1.29 is 67.9 Å². The summed E-state index contributed by atoms with van der Waals surface area (Å²) in [5.41, 5.74) is 0. The molecular formula is C19H15Br4P. The summed E-state index contributed by atoms with van der Waals surface area (Å²) in [6, 6.07) is 32.3. The van der Waals surface area contributed by atoms with E-state index in [2.05, 4.69) is 91.0 Å². The predicted molar refractivity (Wildman–Crippen MR) is 88.4 cm³/mol. The van der Waals surface area contributed by atoms with Crippen molar-refractivity contribution in [1.82, 2.24) is 0 Å². The summed E-state index contributed by atoms with van der Waals surface area (Å²) in [5, 5.41) is 4.19. The maximum atomic E-state index is 2.23. The third-order valence-electron chi connectivity index (χ3n) is 3.04. The molecule has 0 nitrogen and oxygen atoms in total. The Morgan fingerprint density at radius 1 is 0.375 bits per heavy atom. The molecule has 3 rings (SSSR count). The van der Waals surface area contributed by atoms with Crippen LogP contribution in [-0.4, -0.2) is 0 Å². The normalized spacial score (nSPS) is 8.38. The molecule has 124 valence electrons. The molecule has 0 aliphatic heterocycles. The van der Waals surface area contributed by atoms with Crippen molar-refractivity contribution in [2.45, 2.75) is 0 Å². The van der Waals surface area contributed by atoms with Crippen molar-refractivity contribution in [2.24, 2.45) is 0 Å². The van der Waals surface area contributed by atoms with E-state index < -0.39 is 7.92 Å². The van der Waals surface area contributed by atoms with Gasteiger partial charge < -0.3 is 67.9 Å². The molecule has 0 saturated heterocycles. The Labute approximate surface area is 188 Å². The van der Waals surface area contributed by atoms with Crippen LogP contribution in [0, 0.1) is 7.43 Å². The van der Waals surface area contributed by atoms with Crippen LogP contribution in [-0.2, 0) is 0 Å². The van der Waals surface area contributed by atoms with Crippen LogP contribution < -0.4 is 83.8 Å². The van der Waals surface area contributed by atoms with Crippen LogP contribution in [0.15, 0.2) is 91.0 Å². The van der Waals surface area contributed by atoms with E-state index in [-0.39, 0.29) is 75.4 Å². The van der Waals surface area contributed by atoms with Gasteiger partial charge in [-0.1, -0.05) is 91.0 Å². The third kappa shape index (κ3) is 7.49. The van der Waals surface area contributed by atoms with E-state index in [9.17, 15) is 0 Å². The number of hydrogen-bond acceptors (Lipinski definition) is 0. The van der Waals surface area contributed by atoms with Crippen molar-refractivity contribution in [3.63, 3.8) is 0 Å². The van der Waals surface area contributed by atoms with E-state index in [1.54, 1.807) is 0 Å². The first kappa shape index (κ1) is 28.8. The molecule has 0 unspecified atom stereocenters. The quantitative estimate of drug-likeness (QED) is 0.265.